The summed E-state index contributed by atoms with van der Waals surface area (Å²) in [4.78, 5) is 28.9. The third kappa shape index (κ3) is 2.69. The van der Waals surface area contributed by atoms with Crippen molar-refractivity contribution in [2.45, 2.75) is 18.9 Å². The van der Waals surface area contributed by atoms with Gasteiger partial charge >= 0.3 is 5.97 Å². The molecular formula is C15H13FN2O3. The third-order valence-electron chi connectivity index (χ3n) is 3.45. The molecular weight excluding hydrogens is 275 g/mol. The second-order valence-electron chi connectivity index (χ2n) is 5.09. The van der Waals surface area contributed by atoms with Gasteiger partial charge in [-0.2, -0.15) is 0 Å². The van der Waals surface area contributed by atoms with Crippen molar-refractivity contribution in [2.75, 3.05) is 6.54 Å². The molecule has 21 heavy (non-hydrogen) atoms. The van der Waals surface area contributed by atoms with Gasteiger partial charge in [-0.15, -0.1) is 0 Å². The number of carbonyl (C=O) groups excluding carboxylic acids is 1. The van der Waals surface area contributed by atoms with E-state index in [9.17, 15) is 14.0 Å². The van der Waals surface area contributed by atoms with Crippen LogP contribution >= 0.6 is 0 Å². The molecule has 0 unspecified atom stereocenters. The minimum atomic E-state index is -1.08. The predicted octanol–water partition coefficient (Wildman–Crippen LogP) is 2.06. The number of carbonyl (C=O) groups is 2. The highest BCUT2D eigenvalue weighted by Crippen LogP contribution is 2.29. The van der Waals surface area contributed by atoms with Gasteiger partial charge in [0, 0.05) is 17.6 Å². The molecule has 1 fully saturated rings. The fourth-order valence-corrected chi connectivity index (χ4v) is 2.37. The van der Waals surface area contributed by atoms with Crippen LogP contribution in [-0.4, -0.2) is 39.5 Å². The number of amides is 1. The first-order valence-corrected chi connectivity index (χ1v) is 6.63. The Hall–Kier alpha value is -2.50. The third-order valence-corrected chi connectivity index (χ3v) is 3.45. The summed E-state index contributed by atoms with van der Waals surface area (Å²) < 4.78 is 13.7. The molecule has 1 N–H and O–H groups in total. The summed E-state index contributed by atoms with van der Waals surface area (Å²) in [6.07, 6.45) is 3.08. The van der Waals surface area contributed by atoms with Gasteiger partial charge in [0.05, 0.1) is 11.1 Å². The van der Waals surface area contributed by atoms with E-state index in [1.807, 2.05) is 0 Å². The molecule has 3 rings (SSSR count). The molecule has 0 aliphatic heterocycles. The maximum atomic E-state index is 13.7. The van der Waals surface area contributed by atoms with Gasteiger partial charge in [-0.05, 0) is 31.0 Å². The molecule has 1 saturated carbocycles. The largest absolute Gasteiger partial charge is 0.480 e. The number of fused-ring (bicyclic) bond motifs is 1. The van der Waals surface area contributed by atoms with Crippen LogP contribution in [0.2, 0.25) is 0 Å². The van der Waals surface area contributed by atoms with E-state index >= 15 is 0 Å². The molecule has 0 bridgehead atoms. The molecule has 108 valence electrons. The number of nitrogens with zero attached hydrogens (tertiary/aromatic N) is 2. The van der Waals surface area contributed by atoms with Crippen molar-refractivity contribution in [1.29, 1.82) is 0 Å². The second kappa shape index (κ2) is 5.12. The second-order valence-corrected chi connectivity index (χ2v) is 5.09. The van der Waals surface area contributed by atoms with Crippen LogP contribution < -0.4 is 0 Å². The van der Waals surface area contributed by atoms with E-state index < -0.39 is 17.7 Å². The van der Waals surface area contributed by atoms with E-state index in [4.69, 9.17) is 5.11 Å². The van der Waals surface area contributed by atoms with Crippen molar-refractivity contribution < 1.29 is 19.1 Å². The van der Waals surface area contributed by atoms with Gasteiger partial charge in [-0.1, -0.05) is 6.07 Å². The van der Waals surface area contributed by atoms with Gasteiger partial charge in [0.25, 0.3) is 5.91 Å². The molecule has 1 heterocycles. The van der Waals surface area contributed by atoms with Crippen molar-refractivity contribution in [3.8, 4) is 0 Å². The zero-order chi connectivity index (χ0) is 15.0. The van der Waals surface area contributed by atoms with Gasteiger partial charge in [0.2, 0.25) is 0 Å². The van der Waals surface area contributed by atoms with Crippen LogP contribution in [0.1, 0.15) is 23.2 Å². The summed E-state index contributed by atoms with van der Waals surface area (Å²) in [5.41, 5.74) is 0.499. The van der Waals surface area contributed by atoms with E-state index in [2.05, 4.69) is 4.98 Å². The number of hydrogen-bond acceptors (Lipinski definition) is 3. The van der Waals surface area contributed by atoms with Crippen LogP contribution in [0.4, 0.5) is 4.39 Å². The number of aliphatic carboxylic acids is 1. The maximum absolute atomic E-state index is 13.7. The smallest absolute Gasteiger partial charge is 0.323 e. The highest BCUT2D eigenvalue weighted by molar-refractivity contribution is 6.06. The van der Waals surface area contributed by atoms with E-state index in [1.165, 1.54) is 17.2 Å². The van der Waals surface area contributed by atoms with Gasteiger partial charge in [0.1, 0.15) is 12.4 Å². The first-order chi connectivity index (χ1) is 10.1. The van der Waals surface area contributed by atoms with Crippen molar-refractivity contribution in [3.63, 3.8) is 0 Å². The monoisotopic (exact) mass is 288 g/mol. The quantitative estimate of drug-likeness (QED) is 0.935. The highest BCUT2D eigenvalue weighted by Gasteiger charge is 2.35. The standard InChI is InChI=1S/C15H13FN2O3/c16-10-6-9-2-1-5-17-14(9)12(7-10)15(21)18(8-13(19)20)11-3-4-11/h1-2,5-7,11H,3-4,8H2,(H,19,20). The van der Waals surface area contributed by atoms with E-state index in [-0.39, 0.29) is 18.2 Å². The Labute approximate surface area is 120 Å². The van der Waals surface area contributed by atoms with E-state index in [0.717, 1.165) is 18.9 Å². The normalized spacial score (nSPS) is 14.1. The van der Waals surface area contributed by atoms with Crippen LogP contribution in [0.25, 0.3) is 10.9 Å². The number of halogens is 1. The average Bonchev–Trinajstić information content (AvgIpc) is 3.27. The lowest BCUT2D eigenvalue weighted by atomic mass is 10.1. The van der Waals surface area contributed by atoms with Gasteiger partial charge in [-0.25, -0.2) is 4.39 Å². The molecule has 1 aromatic heterocycles. The lowest BCUT2D eigenvalue weighted by molar-refractivity contribution is -0.137. The first-order valence-electron chi connectivity index (χ1n) is 6.63. The maximum Gasteiger partial charge on any atom is 0.323 e. The molecule has 1 aliphatic carbocycles. The van der Waals surface area contributed by atoms with Crippen molar-refractivity contribution >= 4 is 22.8 Å². The van der Waals surface area contributed by atoms with Crippen LogP contribution in [-0.2, 0) is 4.79 Å². The number of carboxylic acid groups (broad SMARTS) is 1. The van der Waals surface area contributed by atoms with Crippen LogP contribution in [0.3, 0.4) is 0 Å². The summed E-state index contributed by atoms with van der Waals surface area (Å²) in [7, 11) is 0. The predicted molar refractivity (Wildman–Crippen MR) is 73.4 cm³/mol. The lowest BCUT2D eigenvalue weighted by Gasteiger charge is -2.20. The van der Waals surface area contributed by atoms with Crippen LogP contribution in [0.5, 0.6) is 0 Å². The minimum absolute atomic E-state index is 0.0735. The number of hydrogen-bond donors (Lipinski definition) is 1. The van der Waals surface area contributed by atoms with Crippen LogP contribution in [0, 0.1) is 5.82 Å². The fraction of sp³-hybridized carbons (Fsp3) is 0.267. The Balaban J connectivity index is 2.05. The Morgan fingerprint density at radius 1 is 1.38 bits per heavy atom. The van der Waals surface area contributed by atoms with Crippen molar-refractivity contribution in [3.05, 3.63) is 41.8 Å². The van der Waals surface area contributed by atoms with Crippen LogP contribution in [0.15, 0.2) is 30.5 Å². The summed E-state index contributed by atoms with van der Waals surface area (Å²) in [6, 6.07) is 5.68. The molecule has 0 atom stereocenters. The average molecular weight is 288 g/mol. The zero-order valence-electron chi connectivity index (χ0n) is 11.1. The van der Waals surface area contributed by atoms with Gasteiger partial charge < -0.3 is 10.0 Å². The summed E-state index contributed by atoms with van der Waals surface area (Å²) in [5.74, 6) is -2.10. The first kappa shape index (κ1) is 13.5. The number of aromatic nitrogens is 1. The summed E-state index contributed by atoms with van der Waals surface area (Å²) in [6.45, 7) is -0.381. The summed E-state index contributed by atoms with van der Waals surface area (Å²) in [5, 5.41) is 9.46. The number of rotatable bonds is 4. The van der Waals surface area contributed by atoms with Crippen molar-refractivity contribution in [1.82, 2.24) is 9.88 Å². The molecule has 1 amide bonds. The number of carboxylic acids is 1. The highest BCUT2D eigenvalue weighted by atomic mass is 19.1. The Bertz CT molecular complexity index is 728. The summed E-state index contributed by atoms with van der Waals surface area (Å²) >= 11 is 0. The number of pyridine rings is 1. The van der Waals surface area contributed by atoms with E-state index in [1.54, 1.807) is 12.1 Å². The molecule has 0 radical (unpaired) electrons. The molecule has 5 nitrogen and oxygen atoms in total. The molecule has 6 heteroatoms. The molecule has 0 spiro atoms. The molecule has 1 aliphatic rings. The van der Waals surface area contributed by atoms with Gasteiger partial charge in [0.15, 0.2) is 0 Å². The van der Waals surface area contributed by atoms with Crippen molar-refractivity contribution in [2.24, 2.45) is 0 Å². The zero-order valence-corrected chi connectivity index (χ0v) is 11.1. The fourth-order valence-electron chi connectivity index (χ4n) is 2.37. The number of benzene rings is 1. The topological polar surface area (TPSA) is 70.5 Å². The molecule has 0 saturated heterocycles. The molecule has 1 aromatic carbocycles. The Morgan fingerprint density at radius 2 is 2.14 bits per heavy atom. The Kier molecular flexibility index (Phi) is 3.29. The molecule has 2 aromatic rings. The van der Waals surface area contributed by atoms with Gasteiger partial charge in [-0.3, -0.25) is 14.6 Å². The Morgan fingerprint density at radius 3 is 2.81 bits per heavy atom. The van der Waals surface area contributed by atoms with E-state index in [0.29, 0.717) is 10.9 Å². The SMILES string of the molecule is O=C(O)CN(C(=O)c1cc(F)cc2cccnc12)C1CC1. The lowest BCUT2D eigenvalue weighted by Crippen LogP contribution is -2.37. The minimum Gasteiger partial charge on any atom is -0.480 e.